The van der Waals surface area contributed by atoms with Crippen molar-refractivity contribution in [1.29, 1.82) is 0 Å². The zero-order valence-electron chi connectivity index (χ0n) is 12.1. The second-order valence-corrected chi connectivity index (χ2v) is 5.45. The molecule has 5 heteroatoms. The average Bonchev–Trinajstić information content (AvgIpc) is 3.16. The van der Waals surface area contributed by atoms with Crippen LogP contribution in [-0.4, -0.2) is 9.97 Å². The zero-order chi connectivity index (χ0) is 15.0. The summed E-state index contributed by atoms with van der Waals surface area (Å²) < 4.78 is 13.5. The molecule has 1 aliphatic rings. The second-order valence-electron chi connectivity index (χ2n) is 5.11. The van der Waals surface area contributed by atoms with Crippen LogP contribution >= 0.6 is 11.6 Å². The van der Waals surface area contributed by atoms with Gasteiger partial charge in [0.25, 0.3) is 0 Å². The van der Waals surface area contributed by atoms with Crippen molar-refractivity contribution < 1.29 is 4.39 Å². The van der Waals surface area contributed by atoms with Gasteiger partial charge in [0.1, 0.15) is 5.82 Å². The first-order valence-corrected chi connectivity index (χ1v) is 7.58. The van der Waals surface area contributed by atoms with Gasteiger partial charge in [0.2, 0.25) is 5.28 Å². The van der Waals surface area contributed by atoms with Crippen LogP contribution in [0.1, 0.15) is 48.0 Å². The van der Waals surface area contributed by atoms with Crippen molar-refractivity contribution in [3.63, 3.8) is 0 Å². The van der Waals surface area contributed by atoms with Gasteiger partial charge in [-0.05, 0) is 35.6 Å². The van der Waals surface area contributed by atoms with E-state index in [9.17, 15) is 4.39 Å². The van der Waals surface area contributed by atoms with E-state index in [0.29, 0.717) is 6.54 Å². The predicted molar refractivity (Wildman–Crippen MR) is 82.5 cm³/mol. The first-order chi connectivity index (χ1) is 10.2. The summed E-state index contributed by atoms with van der Waals surface area (Å²) in [4.78, 5) is 8.56. The van der Waals surface area contributed by atoms with Crippen molar-refractivity contribution in [3.8, 4) is 0 Å². The molecule has 1 unspecified atom stereocenters. The summed E-state index contributed by atoms with van der Waals surface area (Å²) >= 11 is 5.98. The molecule has 0 spiro atoms. The van der Waals surface area contributed by atoms with E-state index in [2.05, 4.69) is 22.2 Å². The van der Waals surface area contributed by atoms with Gasteiger partial charge in [-0.1, -0.05) is 32.0 Å². The Morgan fingerprint density at radius 2 is 2.05 bits per heavy atom. The number of halogens is 2. The Morgan fingerprint density at radius 1 is 1.24 bits per heavy atom. The molecule has 3 nitrogen and oxygen atoms in total. The Bertz CT molecular complexity index is 687. The van der Waals surface area contributed by atoms with E-state index >= 15 is 0 Å². The van der Waals surface area contributed by atoms with Crippen LogP contribution in [-0.2, 0) is 19.4 Å². The molecule has 1 heterocycles. The monoisotopic (exact) mass is 305 g/mol. The molecule has 0 amide bonds. The Balaban J connectivity index is 1.84. The van der Waals surface area contributed by atoms with E-state index in [0.717, 1.165) is 46.6 Å². The highest BCUT2D eigenvalue weighted by atomic mass is 35.5. The Labute approximate surface area is 128 Å². The highest BCUT2D eigenvalue weighted by Gasteiger charge is 2.34. The molecule has 1 aromatic heterocycles. The molecule has 1 aromatic carbocycles. The Morgan fingerprint density at radius 3 is 2.76 bits per heavy atom. The van der Waals surface area contributed by atoms with E-state index in [1.54, 1.807) is 0 Å². The molecule has 0 saturated carbocycles. The van der Waals surface area contributed by atoms with Crippen molar-refractivity contribution >= 4 is 17.4 Å². The van der Waals surface area contributed by atoms with Crippen molar-refractivity contribution in [2.75, 3.05) is 5.32 Å². The maximum absolute atomic E-state index is 13.5. The smallest absolute Gasteiger partial charge is 0.224 e. The molecule has 1 aliphatic carbocycles. The lowest BCUT2D eigenvalue weighted by Gasteiger charge is -2.13. The Hall–Kier alpha value is -1.68. The number of alkyl halides is 1. The third-order valence-electron chi connectivity index (χ3n) is 3.87. The van der Waals surface area contributed by atoms with Gasteiger partial charge in [-0.15, -0.1) is 0 Å². The molecule has 1 atom stereocenters. The van der Waals surface area contributed by atoms with Gasteiger partial charge in [0, 0.05) is 17.7 Å². The minimum atomic E-state index is -0.886. The normalized spacial score (nSPS) is 15.7. The number of hydrogen-bond acceptors (Lipinski definition) is 3. The van der Waals surface area contributed by atoms with E-state index in [1.165, 1.54) is 0 Å². The number of anilines is 1. The molecule has 2 aromatic rings. The summed E-state index contributed by atoms with van der Waals surface area (Å²) in [6.45, 7) is 4.66. The highest BCUT2D eigenvalue weighted by molar-refractivity contribution is 6.28. The predicted octanol–water partition coefficient (Wildman–Crippen LogP) is 4.24. The fourth-order valence-corrected chi connectivity index (χ4v) is 2.92. The number of hydrogen-bond donors (Lipinski definition) is 1. The summed E-state index contributed by atoms with van der Waals surface area (Å²) in [5.74, 6) is 0.753. The highest BCUT2D eigenvalue weighted by Crippen LogP contribution is 2.46. The lowest BCUT2D eigenvalue weighted by Crippen LogP contribution is -2.09. The largest absolute Gasteiger partial charge is 0.366 e. The number of aromatic nitrogens is 2. The summed E-state index contributed by atoms with van der Waals surface area (Å²) in [5.41, 5.74) is 4.65. The summed E-state index contributed by atoms with van der Waals surface area (Å²) in [7, 11) is 0. The van der Waals surface area contributed by atoms with E-state index < -0.39 is 6.17 Å². The molecule has 0 aliphatic heterocycles. The van der Waals surface area contributed by atoms with Gasteiger partial charge < -0.3 is 5.32 Å². The topological polar surface area (TPSA) is 37.8 Å². The molecule has 3 rings (SSSR count). The molecule has 0 radical (unpaired) electrons. The minimum absolute atomic E-state index is 0.249. The van der Waals surface area contributed by atoms with Gasteiger partial charge in [-0.25, -0.2) is 14.4 Å². The first-order valence-electron chi connectivity index (χ1n) is 7.20. The van der Waals surface area contributed by atoms with E-state index in [1.807, 2.05) is 25.1 Å². The van der Waals surface area contributed by atoms with Crippen molar-refractivity contribution in [2.24, 2.45) is 0 Å². The van der Waals surface area contributed by atoms with Crippen LogP contribution in [0, 0.1) is 0 Å². The number of nitrogens with one attached hydrogen (secondary N) is 1. The van der Waals surface area contributed by atoms with Crippen LogP contribution in [0.25, 0.3) is 0 Å². The van der Waals surface area contributed by atoms with Crippen LogP contribution in [0.2, 0.25) is 5.28 Å². The fraction of sp³-hybridized carbons (Fsp3) is 0.375. The quantitative estimate of drug-likeness (QED) is 0.840. The van der Waals surface area contributed by atoms with Gasteiger partial charge in [0.15, 0.2) is 6.17 Å². The van der Waals surface area contributed by atoms with Crippen LogP contribution in [0.5, 0.6) is 0 Å². The molecule has 0 saturated heterocycles. The maximum Gasteiger partial charge on any atom is 0.224 e. The van der Waals surface area contributed by atoms with Gasteiger partial charge in [-0.2, -0.15) is 0 Å². The Kier molecular flexibility index (Phi) is 3.81. The maximum atomic E-state index is 13.5. The van der Waals surface area contributed by atoms with Crippen molar-refractivity contribution in [2.45, 2.75) is 39.4 Å². The van der Waals surface area contributed by atoms with Gasteiger partial charge in [0.05, 0.1) is 5.69 Å². The molecule has 21 heavy (non-hydrogen) atoms. The van der Waals surface area contributed by atoms with Crippen LogP contribution in [0.4, 0.5) is 10.2 Å². The van der Waals surface area contributed by atoms with Crippen LogP contribution < -0.4 is 5.32 Å². The summed E-state index contributed by atoms with van der Waals surface area (Å²) in [5, 5.41) is 3.54. The number of aryl methyl sites for hydroxylation is 1. The second kappa shape index (κ2) is 5.60. The molecule has 0 bridgehead atoms. The minimum Gasteiger partial charge on any atom is -0.366 e. The van der Waals surface area contributed by atoms with Gasteiger partial charge in [-0.3, -0.25) is 0 Å². The lowest BCUT2D eigenvalue weighted by molar-refractivity contribution is 0.467. The fourth-order valence-electron chi connectivity index (χ4n) is 2.73. The standard InChI is InChI=1S/C16H17ClFN3/c1-3-10-12(4-2)20-16(17)21-15(10)19-8-9-6-5-7-11-13(9)14(11)18/h5-7,14H,3-4,8H2,1-2H3,(H,19,20,21). The SMILES string of the molecule is CCc1nc(Cl)nc(NCc2cccc3c2C3F)c1CC. The van der Waals surface area contributed by atoms with Gasteiger partial charge >= 0.3 is 0 Å². The molecule has 1 N–H and O–H groups in total. The van der Waals surface area contributed by atoms with E-state index in [-0.39, 0.29) is 5.28 Å². The summed E-state index contributed by atoms with van der Waals surface area (Å²) in [6.07, 6.45) is 0.761. The molecule has 110 valence electrons. The lowest BCUT2D eigenvalue weighted by atomic mass is 10.1. The zero-order valence-corrected chi connectivity index (χ0v) is 12.8. The van der Waals surface area contributed by atoms with Crippen molar-refractivity contribution in [3.05, 3.63) is 51.4 Å². The average molecular weight is 306 g/mol. The molecule has 0 fully saturated rings. The number of nitrogens with zero attached hydrogens (tertiary/aromatic N) is 2. The molecular weight excluding hydrogens is 289 g/mol. The first kappa shape index (κ1) is 14.3. The van der Waals surface area contributed by atoms with E-state index in [4.69, 9.17) is 11.6 Å². The van der Waals surface area contributed by atoms with Crippen LogP contribution in [0.3, 0.4) is 0 Å². The molecular formula is C16H17ClFN3. The third-order valence-corrected chi connectivity index (χ3v) is 4.04. The number of fused-ring (bicyclic) bond motifs is 1. The van der Waals surface area contributed by atoms with Crippen LogP contribution in [0.15, 0.2) is 18.2 Å². The number of benzene rings is 1. The number of rotatable bonds is 5. The van der Waals surface area contributed by atoms with Crippen molar-refractivity contribution in [1.82, 2.24) is 9.97 Å². The third kappa shape index (κ3) is 2.60. The summed E-state index contributed by atoms with van der Waals surface area (Å²) in [6, 6.07) is 5.67.